The zero-order chi connectivity index (χ0) is 15.3. The lowest BCUT2D eigenvalue weighted by Gasteiger charge is -2.20. The molecular formula is C11H14FNO6S. The molecule has 3 N–H and O–H groups in total. The third kappa shape index (κ3) is 3.51. The summed E-state index contributed by atoms with van der Waals surface area (Å²) in [7, 11) is -4.34. The Bertz CT molecular complexity index is 583. The number of carboxylic acid groups (broad SMARTS) is 1. The monoisotopic (exact) mass is 307 g/mol. The summed E-state index contributed by atoms with van der Waals surface area (Å²) in [5.74, 6) is -2.49. The topological polar surface area (TPSA) is 115 Å². The molecule has 0 radical (unpaired) electrons. The van der Waals surface area contributed by atoms with Gasteiger partial charge in [-0.05, 0) is 18.2 Å². The van der Waals surface area contributed by atoms with Crippen LogP contribution in [0.5, 0.6) is 0 Å². The highest BCUT2D eigenvalue weighted by atomic mass is 32.2. The largest absolute Gasteiger partial charge is 0.478 e. The molecule has 1 aromatic rings. The van der Waals surface area contributed by atoms with Crippen LogP contribution in [0.15, 0.2) is 23.1 Å². The molecule has 7 nitrogen and oxygen atoms in total. The van der Waals surface area contributed by atoms with Gasteiger partial charge in [-0.15, -0.1) is 0 Å². The second kappa shape index (κ2) is 6.75. The van der Waals surface area contributed by atoms with Crippen LogP contribution in [0.1, 0.15) is 10.4 Å². The predicted octanol–water partition coefficient (Wildman–Crippen LogP) is -0.501. The van der Waals surface area contributed by atoms with Gasteiger partial charge >= 0.3 is 5.97 Å². The Kier molecular flexibility index (Phi) is 5.57. The first-order chi connectivity index (χ1) is 9.34. The number of carboxylic acids is 1. The van der Waals surface area contributed by atoms with Gasteiger partial charge in [0.15, 0.2) is 0 Å². The van der Waals surface area contributed by atoms with Gasteiger partial charge in [-0.25, -0.2) is 17.6 Å². The van der Waals surface area contributed by atoms with E-state index in [1.165, 1.54) is 0 Å². The number of nitrogens with zero attached hydrogens (tertiary/aromatic N) is 1. The Morgan fingerprint density at radius 1 is 1.20 bits per heavy atom. The lowest BCUT2D eigenvalue weighted by atomic mass is 10.2. The fraction of sp³-hybridized carbons (Fsp3) is 0.364. The van der Waals surface area contributed by atoms with Gasteiger partial charge in [-0.1, -0.05) is 0 Å². The SMILES string of the molecule is O=C(O)c1ccc(F)c(S(=O)(=O)N(CCO)CCO)c1. The Balaban J connectivity index is 3.32. The van der Waals surface area contributed by atoms with Crippen molar-refractivity contribution in [1.82, 2.24) is 4.31 Å². The van der Waals surface area contributed by atoms with E-state index in [0.29, 0.717) is 10.4 Å². The zero-order valence-corrected chi connectivity index (χ0v) is 11.2. The maximum Gasteiger partial charge on any atom is 0.335 e. The molecule has 0 aliphatic carbocycles. The first kappa shape index (κ1) is 16.5. The van der Waals surface area contributed by atoms with Crippen molar-refractivity contribution in [3.63, 3.8) is 0 Å². The molecule has 0 bridgehead atoms. The smallest absolute Gasteiger partial charge is 0.335 e. The summed E-state index contributed by atoms with van der Waals surface area (Å²) in [4.78, 5) is 10.00. The van der Waals surface area contributed by atoms with E-state index >= 15 is 0 Å². The van der Waals surface area contributed by atoms with E-state index in [1.54, 1.807) is 0 Å². The van der Waals surface area contributed by atoms with Crippen LogP contribution in [0, 0.1) is 5.82 Å². The normalized spacial score (nSPS) is 11.8. The number of aliphatic hydroxyl groups is 2. The molecule has 0 aromatic heterocycles. The van der Waals surface area contributed by atoms with Gasteiger partial charge in [0.1, 0.15) is 10.7 Å². The molecule has 0 spiro atoms. The van der Waals surface area contributed by atoms with Crippen LogP contribution in [-0.4, -0.2) is 60.3 Å². The predicted molar refractivity (Wildman–Crippen MR) is 66.3 cm³/mol. The second-order valence-corrected chi connectivity index (χ2v) is 5.71. The van der Waals surface area contributed by atoms with Crippen molar-refractivity contribution in [3.05, 3.63) is 29.6 Å². The number of halogens is 1. The minimum atomic E-state index is -4.34. The van der Waals surface area contributed by atoms with Crippen LogP contribution in [0.3, 0.4) is 0 Å². The summed E-state index contributed by atoms with van der Waals surface area (Å²) in [6.45, 7) is -1.70. The average molecular weight is 307 g/mol. The number of sulfonamides is 1. The standard InChI is InChI=1S/C11H14FNO6S/c12-9-2-1-8(11(16)17)7-10(9)20(18,19)13(3-5-14)4-6-15/h1-2,7,14-15H,3-6H2,(H,16,17). The van der Waals surface area contributed by atoms with Crippen molar-refractivity contribution in [3.8, 4) is 0 Å². The van der Waals surface area contributed by atoms with Crippen molar-refractivity contribution >= 4 is 16.0 Å². The maximum atomic E-state index is 13.6. The van der Waals surface area contributed by atoms with Gasteiger partial charge in [0.05, 0.1) is 18.8 Å². The van der Waals surface area contributed by atoms with Crippen molar-refractivity contribution in [2.45, 2.75) is 4.90 Å². The van der Waals surface area contributed by atoms with Crippen LogP contribution < -0.4 is 0 Å². The van der Waals surface area contributed by atoms with Crippen LogP contribution in [-0.2, 0) is 10.0 Å². The lowest BCUT2D eigenvalue weighted by Crippen LogP contribution is -2.36. The molecular weight excluding hydrogens is 293 g/mol. The molecule has 0 saturated heterocycles. The molecule has 112 valence electrons. The van der Waals surface area contributed by atoms with Crippen LogP contribution >= 0.6 is 0 Å². The van der Waals surface area contributed by atoms with E-state index in [0.717, 1.165) is 12.1 Å². The van der Waals surface area contributed by atoms with Crippen molar-refractivity contribution in [2.24, 2.45) is 0 Å². The molecule has 0 aliphatic heterocycles. The Morgan fingerprint density at radius 3 is 2.20 bits per heavy atom. The average Bonchev–Trinajstić information content (AvgIpc) is 2.38. The lowest BCUT2D eigenvalue weighted by molar-refractivity contribution is 0.0696. The summed E-state index contributed by atoms with van der Waals surface area (Å²) in [6.07, 6.45) is 0. The highest BCUT2D eigenvalue weighted by Gasteiger charge is 2.27. The van der Waals surface area contributed by atoms with Crippen LogP contribution in [0.4, 0.5) is 4.39 Å². The number of hydrogen-bond acceptors (Lipinski definition) is 5. The molecule has 0 unspecified atom stereocenters. The molecule has 1 rings (SSSR count). The van der Waals surface area contributed by atoms with E-state index in [2.05, 4.69) is 0 Å². The number of aromatic carboxylic acids is 1. The quantitative estimate of drug-likeness (QED) is 0.625. The summed E-state index contributed by atoms with van der Waals surface area (Å²) in [6, 6.07) is 2.39. The van der Waals surface area contributed by atoms with Gasteiger partial charge in [0.2, 0.25) is 10.0 Å². The molecule has 1 aromatic carbocycles. The van der Waals surface area contributed by atoms with E-state index < -0.39 is 39.9 Å². The number of carbonyl (C=O) groups is 1. The summed E-state index contributed by atoms with van der Waals surface area (Å²) < 4.78 is 38.7. The van der Waals surface area contributed by atoms with Crippen molar-refractivity contribution in [1.29, 1.82) is 0 Å². The van der Waals surface area contributed by atoms with Crippen molar-refractivity contribution in [2.75, 3.05) is 26.3 Å². The van der Waals surface area contributed by atoms with Crippen LogP contribution in [0.25, 0.3) is 0 Å². The van der Waals surface area contributed by atoms with E-state index in [4.69, 9.17) is 15.3 Å². The summed E-state index contributed by atoms with van der Waals surface area (Å²) in [5.41, 5.74) is -0.377. The number of hydrogen-bond donors (Lipinski definition) is 3. The highest BCUT2D eigenvalue weighted by molar-refractivity contribution is 7.89. The van der Waals surface area contributed by atoms with Gasteiger partial charge in [0, 0.05) is 13.1 Å². The van der Waals surface area contributed by atoms with Gasteiger partial charge in [-0.2, -0.15) is 4.31 Å². The van der Waals surface area contributed by atoms with Gasteiger partial charge in [0.25, 0.3) is 0 Å². The maximum absolute atomic E-state index is 13.6. The first-order valence-electron chi connectivity index (χ1n) is 5.59. The van der Waals surface area contributed by atoms with E-state index in [-0.39, 0.29) is 18.7 Å². The molecule has 0 heterocycles. The summed E-state index contributed by atoms with van der Waals surface area (Å²) >= 11 is 0. The van der Waals surface area contributed by atoms with E-state index in [9.17, 15) is 17.6 Å². The second-order valence-electron chi connectivity index (χ2n) is 3.80. The fourth-order valence-corrected chi connectivity index (χ4v) is 3.06. The molecule has 0 aliphatic rings. The Hall–Kier alpha value is -1.55. The number of aliphatic hydroxyl groups excluding tert-OH is 2. The van der Waals surface area contributed by atoms with Gasteiger partial charge < -0.3 is 15.3 Å². The third-order valence-corrected chi connectivity index (χ3v) is 4.41. The molecule has 0 saturated carbocycles. The highest BCUT2D eigenvalue weighted by Crippen LogP contribution is 2.20. The van der Waals surface area contributed by atoms with Crippen molar-refractivity contribution < 1.29 is 32.9 Å². The van der Waals surface area contributed by atoms with Gasteiger partial charge in [-0.3, -0.25) is 0 Å². The molecule has 0 atom stereocenters. The fourth-order valence-electron chi connectivity index (χ4n) is 1.55. The summed E-state index contributed by atoms with van der Waals surface area (Å²) in [5, 5.41) is 26.4. The van der Waals surface area contributed by atoms with E-state index in [1.807, 2.05) is 0 Å². The zero-order valence-electron chi connectivity index (χ0n) is 10.4. The number of rotatable bonds is 7. The minimum Gasteiger partial charge on any atom is -0.478 e. The van der Waals surface area contributed by atoms with Crippen LogP contribution in [0.2, 0.25) is 0 Å². The molecule has 0 amide bonds. The Morgan fingerprint density at radius 2 is 1.75 bits per heavy atom. The first-order valence-corrected chi connectivity index (χ1v) is 7.03. The molecule has 0 fully saturated rings. The molecule has 20 heavy (non-hydrogen) atoms. The minimum absolute atomic E-state index is 0.334. The number of benzene rings is 1. The molecule has 9 heteroatoms. The Labute approximate surface area is 114 Å². The third-order valence-electron chi connectivity index (χ3n) is 2.49.